The maximum absolute atomic E-state index is 6.24. The topological polar surface area (TPSA) is 47.3 Å². The fourth-order valence-electron chi connectivity index (χ4n) is 2.57. The summed E-state index contributed by atoms with van der Waals surface area (Å²) in [4.78, 5) is 0. The van der Waals surface area contributed by atoms with Crippen LogP contribution in [0.1, 0.15) is 35.5 Å². The van der Waals surface area contributed by atoms with Gasteiger partial charge in [0.2, 0.25) is 0 Å². The van der Waals surface area contributed by atoms with Gasteiger partial charge in [0.25, 0.3) is 0 Å². The Bertz CT molecular complexity index is 880. The van der Waals surface area contributed by atoms with Crippen LogP contribution < -0.4 is 10.1 Å². The molecular formula is C20H20Cl2N2O2. The van der Waals surface area contributed by atoms with Gasteiger partial charge >= 0.3 is 0 Å². The molecule has 4 nitrogen and oxygen atoms in total. The van der Waals surface area contributed by atoms with Crippen molar-refractivity contribution >= 4 is 23.2 Å². The molecule has 0 bridgehead atoms. The van der Waals surface area contributed by atoms with Gasteiger partial charge in [0.1, 0.15) is 23.8 Å². The SMILES string of the molecule is Cc1cc(COc2cc(CN[C@H](C)c3cccc(Cl)c3)ccc2Cl)no1. The summed E-state index contributed by atoms with van der Waals surface area (Å²) in [6, 6.07) is 15.6. The van der Waals surface area contributed by atoms with E-state index in [0.717, 1.165) is 27.6 Å². The summed E-state index contributed by atoms with van der Waals surface area (Å²) < 4.78 is 10.8. The highest BCUT2D eigenvalue weighted by atomic mass is 35.5. The van der Waals surface area contributed by atoms with Crippen LogP contribution in [0.15, 0.2) is 53.1 Å². The molecule has 1 N–H and O–H groups in total. The number of hydrogen-bond donors (Lipinski definition) is 1. The first-order valence-electron chi connectivity index (χ1n) is 8.33. The van der Waals surface area contributed by atoms with Crippen molar-refractivity contribution in [3.8, 4) is 5.75 Å². The molecule has 0 saturated carbocycles. The molecule has 0 fully saturated rings. The molecule has 0 spiro atoms. The third kappa shape index (κ3) is 5.01. The lowest BCUT2D eigenvalue weighted by Crippen LogP contribution is -2.18. The normalized spacial score (nSPS) is 12.2. The molecule has 0 unspecified atom stereocenters. The van der Waals surface area contributed by atoms with Gasteiger partial charge in [-0.05, 0) is 49.2 Å². The van der Waals surface area contributed by atoms with E-state index < -0.39 is 0 Å². The molecule has 0 aliphatic rings. The lowest BCUT2D eigenvalue weighted by atomic mass is 10.1. The summed E-state index contributed by atoms with van der Waals surface area (Å²) in [5.41, 5.74) is 2.95. The molecule has 0 amide bonds. The lowest BCUT2D eigenvalue weighted by molar-refractivity contribution is 0.287. The van der Waals surface area contributed by atoms with Crippen molar-refractivity contribution in [2.75, 3.05) is 0 Å². The van der Waals surface area contributed by atoms with Crippen LogP contribution in [-0.2, 0) is 13.2 Å². The number of nitrogens with zero attached hydrogens (tertiary/aromatic N) is 1. The molecule has 136 valence electrons. The Morgan fingerprint density at radius 2 is 2.00 bits per heavy atom. The molecule has 1 heterocycles. The van der Waals surface area contributed by atoms with Gasteiger partial charge in [-0.15, -0.1) is 0 Å². The second-order valence-electron chi connectivity index (χ2n) is 6.14. The average Bonchev–Trinajstić information content (AvgIpc) is 3.05. The van der Waals surface area contributed by atoms with Crippen LogP contribution >= 0.6 is 23.2 Å². The van der Waals surface area contributed by atoms with Gasteiger partial charge in [0.15, 0.2) is 0 Å². The first kappa shape index (κ1) is 18.8. The Balaban J connectivity index is 1.61. The molecule has 3 rings (SSSR count). The van der Waals surface area contributed by atoms with Crippen LogP contribution in [0, 0.1) is 6.92 Å². The standard InChI is InChI=1S/C20H20Cl2N2O2/c1-13-8-18(24-26-13)12-25-20-9-15(6-7-19(20)22)11-23-14(2)16-4-3-5-17(21)10-16/h3-10,14,23H,11-12H2,1-2H3/t14-/m1/s1. The molecule has 26 heavy (non-hydrogen) atoms. The fourth-order valence-corrected chi connectivity index (χ4v) is 2.94. The largest absolute Gasteiger partial charge is 0.486 e. The van der Waals surface area contributed by atoms with E-state index in [4.69, 9.17) is 32.5 Å². The Hall–Kier alpha value is -2.01. The van der Waals surface area contributed by atoms with E-state index in [1.807, 2.05) is 49.4 Å². The number of halogens is 2. The number of nitrogens with one attached hydrogen (secondary N) is 1. The monoisotopic (exact) mass is 390 g/mol. The number of aryl methyl sites for hydroxylation is 1. The summed E-state index contributed by atoms with van der Waals surface area (Å²) in [5.74, 6) is 1.38. The van der Waals surface area contributed by atoms with E-state index >= 15 is 0 Å². The molecule has 1 atom stereocenters. The van der Waals surface area contributed by atoms with Crippen LogP contribution in [0.3, 0.4) is 0 Å². The highest BCUT2D eigenvalue weighted by Crippen LogP contribution is 2.27. The van der Waals surface area contributed by atoms with Crippen molar-refractivity contribution in [2.24, 2.45) is 0 Å². The average molecular weight is 391 g/mol. The summed E-state index contributed by atoms with van der Waals surface area (Å²) in [6.07, 6.45) is 0. The highest BCUT2D eigenvalue weighted by molar-refractivity contribution is 6.32. The van der Waals surface area contributed by atoms with Crippen molar-refractivity contribution in [2.45, 2.75) is 33.0 Å². The fraction of sp³-hybridized carbons (Fsp3) is 0.250. The summed E-state index contributed by atoms with van der Waals surface area (Å²) >= 11 is 12.3. The molecule has 0 saturated heterocycles. The van der Waals surface area contributed by atoms with Crippen molar-refractivity contribution in [3.05, 3.63) is 81.2 Å². The molecule has 0 aliphatic carbocycles. The highest BCUT2D eigenvalue weighted by Gasteiger charge is 2.09. The van der Waals surface area contributed by atoms with E-state index in [-0.39, 0.29) is 6.04 Å². The van der Waals surface area contributed by atoms with Gasteiger partial charge in [-0.2, -0.15) is 0 Å². The van der Waals surface area contributed by atoms with Crippen molar-refractivity contribution in [1.29, 1.82) is 0 Å². The molecule has 0 radical (unpaired) electrons. The Morgan fingerprint density at radius 3 is 2.73 bits per heavy atom. The second-order valence-corrected chi connectivity index (χ2v) is 6.98. The number of benzene rings is 2. The number of ether oxygens (including phenoxy) is 1. The molecular weight excluding hydrogens is 371 g/mol. The summed E-state index contributed by atoms with van der Waals surface area (Å²) in [5, 5.41) is 8.70. The van der Waals surface area contributed by atoms with E-state index in [9.17, 15) is 0 Å². The van der Waals surface area contributed by atoms with E-state index in [1.165, 1.54) is 0 Å². The Labute approximate surface area is 163 Å². The lowest BCUT2D eigenvalue weighted by Gasteiger charge is -2.15. The van der Waals surface area contributed by atoms with Gasteiger partial charge in [0, 0.05) is 23.7 Å². The van der Waals surface area contributed by atoms with Gasteiger partial charge in [-0.25, -0.2) is 0 Å². The molecule has 1 aromatic heterocycles. The predicted molar refractivity (Wildman–Crippen MR) is 104 cm³/mol. The first-order chi connectivity index (χ1) is 12.5. The van der Waals surface area contributed by atoms with Gasteiger partial charge in [-0.1, -0.05) is 46.6 Å². The van der Waals surface area contributed by atoms with Gasteiger partial charge < -0.3 is 14.6 Å². The Morgan fingerprint density at radius 1 is 1.15 bits per heavy atom. The first-order valence-corrected chi connectivity index (χ1v) is 9.09. The third-order valence-electron chi connectivity index (χ3n) is 4.01. The number of aromatic nitrogens is 1. The maximum atomic E-state index is 6.24. The minimum atomic E-state index is 0.173. The van der Waals surface area contributed by atoms with Crippen molar-refractivity contribution in [1.82, 2.24) is 10.5 Å². The smallest absolute Gasteiger partial charge is 0.138 e. The van der Waals surface area contributed by atoms with Crippen molar-refractivity contribution < 1.29 is 9.26 Å². The van der Waals surface area contributed by atoms with E-state index in [0.29, 0.717) is 23.9 Å². The van der Waals surface area contributed by atoms with Crippen LogP contribution in [0.4, 0.5) is 0 Å². The zero-order chi connectivity index (χ0) is 18.5. The van der Waals surface area contributed by atoms with Crippen LogP contribution in [0.25, 0.3) is 0 Å². The van der Waals surface area contributed by atoms with Crippen molar-refractivity contribution in [3.63, 3.8) is 0 Å². The molecule has 0 aliphatic heterocycles. The molecule has 3 aromatic rings. The second kappa shape index (κ2) is 8.58. The molecule has 6 heteroatoms. The summed E-state index contributed by atoms with van der Waals surface area (Å²) in [7, 11) is 0. The summed E-state index contributed by atoms with van der Waals surface area (Å²) in [6.45, 7) is 4.94. The Kier molecular flexibility index (Phi) is 6.20. The zero-order valence-electron chi connectivity index (χ0n) is 14.6. The van der Waals surface area contributed by atoms with Crippen LogP contribution in [0.5, 0.6) is 5.75 Å². The third-order valence-corrected chi connectivity index (χ3v) is 4.56. The number of hydrogen-bond acceptors (Lipinski definition) is 4. The van der Waals surface area contributed by atoms with E-state index in [1.54, 1.807) is 0 Å². The van der Waals surface area contributed by atoms with Crippen LogP contribution in [0.2, 0.25) is 10.0 Å². The molecule has 2 aromatic carbocycles. The maximum Gasteiger partial charge on any atom is 0.138 e. The zero-order valence-corrected chi connectivity index (χ0v) is 16.1. The van der Waals surface area contributed by atoms with Crippen LogP contribution in [-0.4, -0.2) is 5.16 Å². The minimum Gasteiger partial charge on any atom is -0.486 e. The van der Waals surface area contributed by atoms with E-state index in [2.05, 4.69) is 23.5 Å². The van der Waals surface area contributed by atoms with Gasteiger partial charge in [-0.3, -0.25) is 0 Å². The predicted octanol–water partition coefficient (Wildman–Crippen LogP) is 5.72. The number of rotatable bonds is 7. The van der Waals surface area contributed by atoms with Gasteiger partial charge in [0.05, 0.1) is 5.02 Å². The minimum absolute atomic E-state index is 0.173. The quantitative estimate of drug-likeness (QED) is 0.560.